The smallest absolute Gasteiger partial charge is 0.208 e. The standard InChI is InChI=1S/C10H24N4O3S/c1-9(8-17-3)14-10(11-2)12-6-5-7-13-18(4,15)16/h9,13H,5-8H2,1-4H3,(H2,11,12,14). The fourth-order valence-corrected chi connectivity index (χ4v) is 1.79. The first-order chi connectivity index (χ1) is 8.39. The number of nitrogens with one attached hydrogen (secondary N) is 3. The molecule has 0 saturated heterocycles. The summed E-state index contributed by atoms with van der Waals surface area (Å²) in [7, 11) is 0.231. The van der Waals surface area contributed by atoms with Crippen LogP contribution in [0.15, 0.2) is 4.99 Å². The summed E-state index contributed by atoms with van der Waals surface area (Å²) in [6.07, 6.45) is 1.83. The Bertz CT molecular complexity index is 343. The Hall–Kier alpha value is -0.860. The molecule has 0 aliphatic heterocycles. The third-order valence-corrected chi connectivity index (χ3v) is 2.76. The maximum atomic E-state index is 10.8. The summed E-state index contributed by atoms with van der Waals surface area (Å²) >= 11 is 0. The lowest BCUT2D eigenvalue weighted by Gasteiger charge is -2.17. The zero-order chi connectivity index (χ0) is 14.0. The average molecular weight is 280 g/mol. The van der Waals surface area contributed by atoms with Gasteiger partial charge in [0, 0.05) is 33.3 Å². The second kappa shape index (κ2) is 9.12. The molecule has 0 spiro atoms. The Labute approximate surface area is 109 Å². The Balaban J connectivity index is 3.76. The molecule has 0 amide bonds. The highest BCUT2D eigenvalue weighted by atomic mass is 32.2. The minimum atomic E-state index is -3.10. The van der Waals surface area contributed by atoms with Gasteiger partial charge in [-0.25, -0.2) is 13.1 Å². The largest absolute Gasteiger partial charge is 0.383 e. The molecule has 7 nitrogen and oxygen atoms in total. The second-order valence-electron chi connectivity index (χ2n) is 4.02. The van der Waals surface area contributed by atoms with E-state index >= 15 is 0 Å². The van der Waals surface area contributed by atoms with Gasteiger partial charge in [-0.3, -0.25) is 4.99 Å². The van der Waals surface area contributed by atoms with Crippen LogP contribution in [0, 0.1) is 0 Å². The molecule has 18 heavy (non-hydrogen) atoms. The summed E-state index contributed by atoms with van der Waals surface area (Å²) < 4.78 is 29.1. The molecule has 0 aromatic carbocycles. The first kappa shape index (κ1) is 17.1. The van der Waals surface area contributed by atoms with E-state index in [0.717, 1.165) is 6.26 Å². The lowest BCUT2D eigenvalue weighted by Crippen LogP contribution is -2.44. The van der Waals surface area contributed by atoms with Crippen LogP contribution in [0.3, 0.4) is 0 Å². The molecule has 108 valence electrons. The molecule has 0 aliphatic rings. The molecule has 0 aromatic heterocycles. The third-order valence-electron chi connectivity index (χ3n) is 2.03. The molecule has 0 radical (unpaired) electrons. The summed E-state index contributed by atoms with van der Waals surface area (Å²) in [6, 6.07) is 0.162. The lowest BCUT2D eigenvalue weighted by molar-refractivity contribution is 0.179. The Kier molecular flexibility index (Phi) is 8.69. The van der Waals surface area contributed by atoms with Crippen molar-refractivity contribution in [3.8, 4) is 0 Å². The Morgan fingerprint density at radius 1 is 1.39 bits per heavy atom. The maximum Gasteiger partial charge on any atom is 0.208 e. The van der Waals surface area contributed by atoms with Crippen LogP contribution in [-0.4, -0.2) is 60.5 Å². The number of aliphatic imine (C=N–C) groups is 1. The summed E-state index contributed by atoms with van der Waals surface area (Å²) in [5.41, 5.74) is 0. The van der Waals surface area contributed by atoms with Crippen molar-refractivity contribution in [3.63, 3.8) is 0 Å². The van der Waals surface area contributed by atoms with Crippen LogP contribution in [0.1, 0.15) is 13.3 Å². The molecule has 0 saturated carbocycles. The van der Waals surface area contributed by atoms with Crippen LogP contribution >= 0.6 is 0 Å². The SMILES string of the molecule is CN=C(NCCCNS(C)(=O)=O)NC(C)COC. The van der Waals surface area contributed by atoms with Gasteiger partial charge in [0.15, 0.2) is 5.96 Å². The van der Waals surface area contributed by atoms with Gasteiger partial charge in [0.2, 0.25) is 10.0 Å². The molecule has 3 N–H and O–H groups in total. The third kappa shape index (κ3) is 10.3. The van der Waals surface area contributed by atoms with Gasteiger partial charge < -0.3 is 15.4 Å². The minimum Gasteiger partial charge on any atom is -0.383 e. The van der Waals surface area contributed by atoms with Gasteiger partial charge in [-0.1, -0.05) is 0 Å². The van der Waals surface area contributed by atoms with Crippen molar-refractivity contribution in [1.82, 2.24) is 15.4 Å². The number of hydrogen-bond donors (Lipinski definition) is 3. The van der Waals surface area contributed by atoms with Crippen LogP contribution in [0.2, 0.25) is 0 Å². The zero-order valence-electron chi connectivity index (χ0n) is 11.5. The number of methoxy groups -OCH3 is 1. The minimum absolute atomic E-state index is 0.162. The monoisotopic (exact) mass is 280 g/mol. The Morgan fingerprint density at radius 2 is 2.06 bits per heavy atom. The van der Waals surface area contributed by atoms with E-state index in [1.807, 2.05) is 6.92 Å². The second-order valence-corrected chi connectivity index (χ2v) is 5.85. The van der Waals surface area contributed by atoms with Crippen molar-refractivity contribution < 1.29 is 13.2 Å². The quantitative estimate of drug-likeness (QED) is 0.305. The van der Waals surface area contributed by atoms with Gasteiger partial charge in [-0.2, -0.15) is 0 Å². The first-order valence-electron chi connectivity index (χ1n) is 5.79. The van der Waals surface area contributed by atoms with Crippen molar-refractivity contribution in [3.05, 3.63) is 0 Å². The van der Waals surface area contributed by atoms with E-state index < -0.39 is 10.0 Å². The van der Waals surface area contributed by atoms with Crippen LogP contribution in [-0.2, 0) is 14.8 Å². The molecule has 0 heterocycles. The van der Waals surface area contributed by atoms with Gasteiger partial charge in [0.25, 0.3) is 0 Å². The summed E-state index contributed by atoms with van der Waals surface area (Å²) in [4.78, 5) is 4.06. The zero-order valence-corrected chi connectivity index (χ0v) is 12.3. The van der Waals surface area contributed by atoms with Crippen LogP contribution in [0.4, 0.5) is 0 Å². The summed E-state index contributed by atoms with van der Waals surface area (Å²) in [5.74, 6) is 0.680. The van der Waals surface area contributed by atoms with E-state index in [2.05, 4.69) is 20.3 Å². The molecule has 0 aromatic rings. The van der Waals surface area contributed by atoms with Crippen LogP contribution < -0.4 is 15.4 Å². The lowest BCUT2D eigenvalue weighted by atomic mass is 10.3. The molecule has 8 heteroatoms. The first-order valence-corrected chi connectivity index (χ1v) is 7.69. The van der Waals surface area contributed by atoms with E-state index in [1.54, 1.807) is 14.2 Å². The Morgan fingerprint density at radius 3 is 2.56 bits per heavy atom. The number of rotatable bonds is 8. The molecule has 1 unspecified atom stereocenters. The van der Waals surface area contributed by atoms with E-state index in [9.17, 15) is 8.42 Å². The van der Waals surface area contributed by atoms with E-state index in [-0.39, 0.29) is 6.04 Å². The highest BCUT2D eigenvalue weighted by molar-refractivity contribution is 7.88. The van der Waals surface area contributed by atoms with Crippen LogP contribution in [0.5, 0.6) is 0 Å². The number of hydrogen-bond acceptors (Lipinski definition) is 4. The van der Waals surface area contributed by atoms with Crippen molar-refractivity contribution in [1.29, 1.82) is 0 Å². The topological polar surface area (TPSA) is 91.8 Å². The molecule has 0 bridgehead atoms. The van der Waals surface area contributed by atoms with Crippen molar-refractivity contribution >= 4 is 16.0 Å². The van der Waals surface area contributed by atoms with Gasteiger partial charge in [-0.15, -0.1) is 0 Å². The number of sulfonamides is 1. The fraction of sp³-hybridized carbons (Fsp3) is 0.900. The van der Waals surface area contributed by atoms with Gasteiger partial charge >= 0.3 is 0 Å². The number of nitrogens with zero attached hydrogens (tertiary/aromatic N) is 1. The molecule has 1 atom stereocenters. The molecule has 0 fully saturated rings. The highest BCUT2D eigenvalue weighted by Gasteiger charge is 2.04. The normalized spacial score (nSPS) is 14.3. The predicted octanol–water partition coefficient (Wildman–Crippen LogP) is -0.874. The molecular formula is C10H24N4O3S. The highest BCUT2D eigenvalue weighted by Crippen LogP contribution is 1.83. The van der Waals surface area contributed by atoms with Gasteiger partial charge in [0.1, 0.15) is 0 Å². The molecule has 0 rings (SSSR count). The predicted molar refractivity (Wildman–Crippen MR) is 73.3 cm³/mol. The molecular weight excluding hydrogens is 256 g/mol. The van der Waals surface area contributed by atoms with Crippen molar-refractivity contribution in [2.24, 2.45) is 4.99 Å². The summed E-state index contributed by atoms with van der Waals surface area (Å²) in [6.45, 7) is 3.64. The van der Waals surface area contributed by atoms with Crippen molar-refractivity contribution in [2.75, 3.05) is 40.1 Å². The van der Waals surface area contributed by atoms with E-state index in [0.29, 0.717) is 32.1 Å². The summed E-state index contributed by atoms with van der Waals surface area (Å²) in [5, 5.41) is 6.24. The molecule has 0 aliphatic carbocycles. The van der Waals surface area contributed by atoms with Crippen LogP contribution in [0.25, 0.3) is 0 Å². The average Bonchev–Trinajstić information content (AvgIpc) is 2.25. The van der Waals surface area contributed by atoms with Gasteiger partial charge in [0.05, 0.1) is 12.9 Å². The fourth-order valence-electron chi connectivity index (χ4n) is 1.27. The van der Waals surface area contributed by atoms with Crippen molar-refractivity contribution in [2.45, 2.75) is 19.4 Å². The maximum absolute atomic E-state index is 10.8. The number of guanidine groups is 1. The van der Waals surface area contributed by atoms with Gasteiger partial charge in [-0.05, 0) is 13.3 Å². The van der Waals surface area contributed by atoms with E-state index in [1.165, 1.54) is 0 Å². The van der Waals surface area contributed by atoms with E-state index in [4.69, 9.17) is 4.74 Å². The number of ether oxygens (including phenoxy) is 1.